The zero-order valence-electron chi connectivity index (χ0n) is 11.6. The van der Waals surface area contributed by atoms with Gasteiger partial charge in [0.05, 0.1) is 11.0 Å². The van der Waals surface area contributed by atoms with Crippen molar-refractivity contribution in [3.05, 3.63) is 35.8 Å². The van der Waals surface area contributed by atoms with Crippen LogP contribution in [-0.4, -0.2) is 20.6 Å². The van der Waals surface area contributed by atoms with Crippen molar-refractivity contribution >= 4 is 22.4 Å². The van der Waals surface area contributed by atoms with Crippen molar-refractivity contribution in [1.29, 1.82) is 0 Å². The Labute approximate surface area is 121 Å². The summed E-state index contributed by atoms with van der Waals surface area (Å²) in [6.07, 6.45) is 1.76. The fraction of sp³-hybridized carbons (Fsp3) is 0.267. The van der Waals surface area contributed by atoms with E-state index >= 15 is 0 Å². The average molecular weight is 285 g/mol. The Morgan fingerprint density at radius 3 is 2.35 bits per heavy atom. The van der Waals surface area contributed by atoms with Crippen molar-refractivity contribution in [2.75, 3.05) is 0 Å². The topological polar surface area (TPSA) is 47.9 Å². The summed E-state index contributed by atoms with van der Waals surface area (Å²) in [6.45, 7) is 5.99. The summed E-state index contributed by atoms with van der Waals surface area (Å²) >= 11 is 1.53. The van der Waals surface area contributed by atoms with Crippen molar-refractivity contribution in [2.45, 2.75) is 26.4 Å². The Morgan fingerprint density at radius 1 is 1.05 bits per heavy atom. The highest BCUT2D eigenvalue weighted by molar-refractivity contribution is 7.13. The van der Waals surface area contributed by atoms with E-state index in [1.165, 1.54) is 11.3 Å². The van der Waals surface area contributed by atoms with E-state index in [9.17, 15) is 0 Å². The molecule has 20 heavy (non-hydrogen) atoms. The molecule has 5 heteroatoms. The number of para-hydroxylation sites is 2. The van der Waals surface area contributed by atoms with Gasteiger partial charge in [-0.25, -0.2) is 15.0 Å². The molecule has 0 saturated carbocycles. The highest BCUT2D eigenvalue weighted by Gasteiger charge is 2.20. The molecule has 0 atom stereocenters. The molecule has 0 N–H and O–H groups in total. The predicted molar refractivity (Wildman–Crippen MR) is 81.0 cm³/mol. The molecule has 1 aromatic carbocycles. The van der Waals surface area contributed by atoms with Crippen LogP contribution in [0, 0.1) is 0 Å². The molecule has 2 heterocycles. The molecule has 0 spiro atoms. The molecule has 0 unspecified atom stereocenters. The summed E-state index contributed by atoms with van der Waals surface area (Å²) in [5.41, 5.74) is 2.04. The molecular formula is C15H15N3OS. The van der Waals surface area contributed by atoms with Crippen LogP contribution in [-0.2, 0) is 0 Å². The molecule has 3 rings (SSSR count). The number of hydrogen-bond acceptors (Lipinski definition) is 5. The van der Waals surface area contributed by atoms with Gasteiger partial charge in [0.25, 0.3) is 0 Å². The summed E-state index contributed by atoms with van der Waals surface area (Å²) in [5.74, 6) is 0.533. The van der Waals surface area contributed by atoms with Gasteiger partial charge < -0.3 is 4.74 Å². The molecule has 0 aliphatic heterocycles. The lowest BCUT2D eigenvalue weighted by Gasteiger charge is -2.21. The highest BCUT2D eigenvalue weighted by atomic mass is 32.1. The molecule has 0 radical (unpaired) electrons. The van der Waals surface area contributed by atoms with Gasteiger partial charge in [-0.05, 0) is 32.9 Å². The molecular weight excluding hydrogens is 270 g/mol. The van der Waals surface area contributed by atoms with Crippen LogP contribution in [0.4, 0.5) is 0 Å². The van der Waals surface area contributed by atoms with E-state index < -0.39 is 0 Å². The second kappa shape index (κ2) is 4.83. The summed E-state index contributed by atoms with van der Waals surface area (Å²) in [4.78, 5) is 13.6. The minimum Gasteiger partial charge on any atom is -0.470 e. The van der Waals surface area contributed by atoms with E-state index in [4.69, 9.17) is 4.74 Å². The van der Waals surface area contributed by atoms with E-state index in [2.05, 4.69) is 15.0 Å². The fourth-order valence-corrected chi connectivity index (χ4v) is 2.44. The van der Waals surface area contributed by atoms with Crippen LogP contribution in [0.3, 0.4) is 0 Å². The average Bonchev–Trinajstić information content (AvgIpc) is 2.89. The lowest BCUT2D eigenvalue weighted by atomic mass is 10.2. The minimum atomic E-state index is -0.330. The monoisotopic (exact) mass is 285 g/mol. The number of ether oxygens (including phenoxy) is 1. The zero-order valence-corrected chi connectivity index (χ0v) is 12.4. The standard InChI is InChI=1S/C15H15N3OS/c1-15(2,3)19-13-12(14-16-8-9-20-14)17-10-6-4-5-7-11(10)18-13/h4-9H,1-3H3. The molecule has 3 aromatic rings. The second-order valence-electron chi connectivity index (χ2n) is 5.42. The third-order valence-corrected chi connectivity index (χ3v) is 3.36. The van der Waals surface area contributed by atoms with Crippen LogP contribution in [0.1, 0.15) is 20.8 Å². The third kappa shape index (κ3) is 2.63. The molecule has 2 aromatic heterocycles. The second-order valence-corrected chi connectivity index (χ2v) is 6.31. The van der Waals surface area contributed by atoms with E-state index in [-0.39, 0.29) is 5.60 Å². The number of thiazole rings is 1. The molecule has 0 aliphatic rings. The maximum Gasteiger partial charge on any atom is 0.244 e. The van der Waals surface area contributed by atoms with Gasteiger partial charge >= 0.3 is 0 Å². The molecule has 0 aliphatic carbocycles. The Balaban J connectivity index is 2.21. The third-order valence-electron chi connectivity index (χ3n) is 2.58. The van der Waals surface area contributed by atoms with E-state index in [0.717, 1.165) is 16.0 Å². The normalized spacial score (nSPS) is 11.8. The predicted octanol–water partition coefficient (Wildman–Crippen LogP) is 3.93. The zero-order chi connectivity index (χ0) is 14.2. The molecule has 0 saturated heterocycles. The van der Waals surface area contributed by atoms with Gasteiger partial charge in [0.1, 0.15) is 10.6 Å². The van der Waals surface area contributed by atoms with Gasteiger partial charge in [-0.2, -0.15) is 0 Å². The molecule has 0 fully saturated rings. The summed E-state index contributed by atoms with van der Waals surface area (Å²) in [5, 5.41) is 2.75. The van der Waals surface area contributed by atoms with Crippen molar-refractivity contribution < 1.29 is 4.74 Å². The first-order valence-electron chi connectivity index (χ1n) is 6.38. The number of benzene rings is 1. The minimum absolute atomic E-state index is 0.330. The first-order valence-corrected chi connectivity index (χ1v) is 7.26. The summed E-state index contributed by atoms with van der Waals surface area (Å²) < 4.78 is 5.96. The lowest BCUT2D eigenvalue weighted by Crippen LogP contribution is -2.24. The number of hydrogen-bond donors (Lipinski definition) is 0. The van der Waals surface area contributed by atoms with E-state index in [1.54, 1.807) is 6.20 Å². The Hall–Kier alpha value is -2.01. The fourth-order valence-electron chi connectivity index (χ4n) is 1.82. The Kier molecular flexibility index (Phi) is 3.14. The Bertz CT molecular complexity index is 732. The molecule has 0 bridgehead atoms. The quantitative estimate of drug-likeness (QED) is 0.715. The largest absolute Gasteiger partial charge is 0.470 e. The number of nitrogens with zero attached hydrogens (tertiary/aromatic N) is 3. The smallest absolute Gasteiger partial charge is 0.244 e. The highest BCUT2D eigenvalue weighted by Crippen LogP contribution is 2.31. The molecule has 4 nitrogen and oxygen atoms in total. The van der Waals surface area contributed by atoms with E-state index in [0.29, 0.717) is 11.6 Å². The van der Waals surface area contributed by atoms with Gasteiger partial charge in [0, 0.05) is 11.6 Å². The van der Waals surface area contributed by atoms with E-state index in [1.807, 2.05) is 50.4 Å². The van der Waals surface area contributed by atoms with Crippen LogP contribution >= 0.6 is 11.3 Å². The Morgan fingerprint density at radius 2 is 1.75 bits per heavy atom. The summed E-state index contributed by atoms with van der Waals surface area (Å²) in [7, 11) is 0. The van der Waals surface area contributed by atoms with Gasteiger partial charge in [-0.3, -0.25) is 0 Å². The number of rotatable bonds is 2. The van der Waals surface area contributed by atoms with Crippen LogP contribution in [0.25, 0.3) is 21.7 Å². The maximum atomic E-state index is 5.96. The lowest BCUT2D eigenvalue weighted by molar-refractivity contribution is 0.125. The van der Waals surface area contributed by atoms with Crippen molar-refractivity contribution in [2.24, 2.45) is 0 Å². The van der Waals surface area contributed by atoms with Gasteiger partial charge in [-0.15, -0.1) is 11.3 Å². The summed E-state index contributed by atoms with van der Waals surface area (Å²) in [6, 6.07) is 7.78. The number of fused-ring (bicyclic) bond motifs is 1. The number of aromatic nitrogens is 3. The van der Waals surface area contributed by atoms with Gasteiger partial charge in [0.2, 0.25) is 5.88 Å². The van der Waals surface area contributed by atoms with Crippen LogP contribution < -0.4 is 4.74 Å². The SMILES string of the molecule is CC(C)(C)Oc1nc2ccccc2nc1-c1nccs1. The van der Waals surface area contributed by atoms with Gasteiger partial charge in [0.15, 0.2) is 5.69 Å². The molecule has 102 valence electrons. The van der Waals surface area contributed by atoms with Crippen LogP contribution in [0.15, 0.2) is 35.8 Å². The first-order chi connectivity index (χ1) is 9.53. The van der Waals surface area contributed by atoms with Crippen LogP contribution in [0.2, 0.25) is 0 Å². The van der Waals surface area contributed by atoms with Crippen molar-refractivity contribution in [3.8, 4) is 16.6 Å². The maximum absolute atomic E-state index is 5.96. The molecule has 0 amide bonds. The van der Waals surface area contributed by atoms with Gasteiger partial charge in [-0.1, -0.05) is 12.1 Å². The van der Waals surface area contributed by atoms with Crippen molar-refractivity contribution in [3.63, 3.8) is 0 Å². The van der Waals surface area contributed by atoms with Crippen molar-refractivity contribution in [1.82, 2.24) is 15.0 Å². The first kappa shape index (κ1) is 13.0. The van der Waals surface area contributed by atoms with Crippen LogP contribution in [0.5, 0.6) is 5.88 Å².